The Morgan fingerprint density at radius 3 is 2.36 bits per heavy atom. The van der Waals surface area contributed by atoms with E-state index < -0.39 is 0 Å². The lowest BCUT2D eigenvalue weighted by Crippen LogP contribution is -2.29. The predicted octanol–water partition coefficient (Wildman–Crippen LogP) is 2.83. The van der Waals surface area contributed by atoms with E-state index in [4.69, 9.17) is 4.74 Å². The maximum atomic E-state index is 5.14. The molecule has 0 aromatic heterocycles. The van der Waals surface area contributed by atoms with E-state index in [-0.39, 0.29) is 0 Å². The van der Waals surface area contributed by atoms with Crippen molar-refractivity contribution in [2.45, 2.75) is 52.5 Å². The molecule has 0 aromatic carbocycles. The van der Waals surface area contributed by atoms with Gasteiger partial charge in [0.25, 0.3) is 0 Å². The van der Waals surface area contributed by atoms with E-state index in [0.717, 1.165) is 13.2 Å². The second kappa shape index (κ2) is 9.47. The van der Waals surface area contributed by atoms with Crippen LogP contribution in [0.2, 0.25) is 0 Å². The lowest BCUT2D eigenvalue weighted by Gasteiger charge is -2.19. The molecule has 2 heteroatoms. The molecule has 0 radical (unpaired) electrons. The Morgan fingerprint density at radius 1 is 1.14 bits per heavy atom. The molecule has 1 N–H and O–H groups in total. The number of hydrogen-bond acceptors (Lipinski definition) is 2. The smallest absolute Gasteiger partial charge is 0.0487 e. The number of methoxy groups -OCH3 is 1. The van der Waals surface area contributed by atoms with Gasteiger partial charge in [0.1, 0.15) is 0 Å². The minimum absolute atomic E-state index is 0.693. The fourth-order valence-electron chi connectivity index (χ4n) is 1.84. The molecule has 0 spiro atoms. The molecule has 0 amide bonds. The average Bonchev–Trinajstić information content (AvgIpc) is 2.15. The Bertz CT molecular complexity index is 111. The zero-order valence-electron chi connectivity index (χ0n) is 10.3. The summed E-state index contributed by atoms with van der Waals surface area (Å²) in [6.45, 7) is 8.68. The second-order valence-electron chi connectivity index (χ2n) is 4.18. The fourth-order valence-corrected chi connectivity index (χ4v) is 1.84. The molecular weight excluding hydrogens is 174 g/mol. The molecule has 2 unspecified atom stereocenters. The van der Waals surface area contributed by atoms with Gasteiger partial charge in [0.05, 0.1) is 0 Å². The van der Waals surface area contributed by atoms with Crippen molar-refractivity contribution in [1.29, 1.82) is 0 Å². The minimum atomic E-state index is 0.693. The highest BCUT2D eigenvalue weighted by Gasteiger charge is 2.08. The summed E-state index contributed by atoms with van der Waals surface area (Å²) >= 11 is 0. The molecule has 0 aliphatic heterocycles. The van der Waals surface area contributed by atoms with Gasteiger partial charge < -0.3 is 10.1 Å². The molecule has 2 atom stereocenters. The van der Waals surface area contributed by atoms with Crippen LogP contribution >= 0.6 is 0 Å². The van der Waals surface area contributed by atoms with E-state index in [1.165, 1.54) is 25.7 Å². The van der Waals surface area contributed by atoms with Crippen LogP contribution in [0.3, 0.4) is 0 Å². The first-order chi connectivity index (χ1) is 6.74. The van der Waals surface area contributed by atoms with Crippen molar-refractivity contribution < 1.29 is 4.74 Å². The van der Waals surface area contributed by atoms with Crippen molar-refractivity contribution in [2.75, 3.05) is 20.3 Å². The molecule has 86 valence electrons. The van der Waals surface area contributed by atoms with Gasteiger partial charge in [-0.25, -0.2) is 0 Å². The molecule has 0 saturated heterocycles. The standard InChI is InChI=1S/C12H27NO/c1-5-7-12(13-6-2)9-8-11(3)10-14-4/h11-13H,5-10H2,1-4H3. The highest BCUT2D eigenvalue weighted by molar-refractivity contribution is 4.67. The quantitative estimate of drug-likeness (QED) is 0.619. The highest BCUT2D eigenvalue weighted by Crippen LogP contribution is 2.11. The zero-order chi connectivity index (χ0) is 10.8. The number of nitrogens with one attached hydrogen (secondary N) is 1. The third-order valence-corrected chi connectivity index (χ3v) is 2.59. The van der Waals surface area contributed by atoms with E-state index >= 15 is 0 Å². The Labute approximate surface area is 89.4 Å². The van der Waals surface area contributed by atoms with Crippen LogP contribution in [0.4, 0.5) is 0 Å². The Hall–Kier alpha value is -0.0800. The van der Waals surface area contributed by atoms with Crippen molar-refractivity contribution in [2.24, 2.45) is 5.92 Å². The summed E-state index contributed by atoms with van der Waals surface area (Å²) in [6.07, 6.45) is 5.13. The molecule has 0 fully saturated rings. The summed E-state index contributed by atoms with van der Waals surface area (Å²) in [4.78, 5) is 0. The first-order valence-corrected chi connectivity index (χ1v) is 5.96. The van der Waals surface area contributed by atoms with Crippen LogP contribution in [0.5, 0.6) is 0 Å². The Morgan fingerprint density at radius 2 is 1.86 bits per heavy atom. The lowest BCUT2D eigenvalue weighted by atomic mass is 9.99. The Balaban J connectivity index is 3.57. The molecule has 0 saturated carbocycles. The van der Waals surface area contributed by atoms with E-state index in [9.17, 15) is 0 Å². The van der Waals surface area contributed by atoms with Gasteiger partial charge in [-0.15, -0.1) is 0 Å². The summed E-state index contributed by atoms with van der Waals surface area (Å²) in [6, 6.07) is 0.712. The maximum Gasteiger partial charge on any atom is 0.0487 e. The van der Waals surface area contributed by atoms with Crippen LogP contribution in [-0.2, 0) is 4.74 Å². The van der Waals surface area contributed by atoms with Gasteiger partial charge in [-0.1, -0.05) is 27.2 Å². The topological polar surface area (TPSA) is 21.3 Å². The van der Waals surface area contributed by atoms with Crippen LogP contribution in [0.1, 0.15) is 46.5 Å². The lowest BCUT2D eigenvalue weighted by molar-refractivity contribution is 0.152. The van der Waals surface area contributed by atoms with Gasteiger partial charge in [0, 0.05) is 19.8 Å². The van der Waals surface area contributed by atoms with Gasteiger partial charge in [-0.2, -0.15) is 0 Å². The van der Waals surface area contributed by atoms with Crippen molar-refractivity contribution in [3.63, 3.8) is 0 Å². The highest BCUT2D eigenvalue weighted by atomic mass is 16.5. The predicted molar refractivity (Wildman–Crippen MR) is 62.6 cm³/mol. The second-order valence-corrected chi connectivity index (χ2v) is 4.18. The van der Waals surface area contributed by atoms with Crippen LogP contribution in [0, 0.1) is 5.92 Å². The van der Waals surface area contributed by atoms with E-state index in [0.29, 0.717) is 12.0 Å². The summed E-state index contributed by atoms with van der Waals surface area (Å²) in [5, 5.41) is 3.54. The first kappa shape index (κ1) is 13.9. The van der Waals surface area contributed by atoms with Gasteiger partial charge in [-0.3, -0.25) is 0 Å². The molecular formula is C12H27NO. The normalized spacial score (nSPS) is 15.4. The van der Waals surface area contributed by atoms with Crippen molar-refractivity contribution in [1.82, 2.24) is 5.32 Å². The zero-order valence-corrected chi connectivity index (χ0v) is 10.3. The van der Waals surface area contributed by atoms with Crippen LogP contribution in [0.15, 0.2) is 0 Å². The molecule has 0 heterocycles. The van der Waals surface area contributed by atoms with E-state index in [2.05, 4.69) is 26.1 Å². The first-order valence-electron chi connectivity index (χ1n) is 5.96. The molecule has 0 aliphatic carbocycles. The number of rotatable bonds is 9. The fraction of sp³-hybridized carbons (Fsp3) is 1.00. The maximum absolute atomic E-state index is 5.14. The third-order valence-electron chi connectivity index (χ3n) is 2.59. The summed E-state index contributed by atoms with van der Waals surface area (Å²) in [7, 11) is 1.78. The van der Waals surface area contributed by atoms with Crippen molar-refractivity contribution in [3.8, 4) is 0 Å². The molecule has 0 rings (SSSR count). The third kappa shape index (κ3) is 7.34. The molecule has 0 bridgehead atoms. The largest absolute Gasteiger partial charge is 0.384 e. The van der Waals surface area contributed by atoms with Crippen molar-refractivity contribution >= 4 is 0 Å². The van der Waals surface area contributed by atoms with Gasteiger partial charge in [-0.05, 0) is 31.7 Å². The minimum Gasteiger partial charge on any atom is -0.384 e. The van der Waals surface area contributed by atoms with E-state index in [1.807, 2.05) is 0 Å². The van der Waals surface area contributed by atoms with Crippen molar-refractivity contribution in [3.05, 3.63) is 0 Å². The summed E-state index contributed by atoms with van der Waals surface area (Å²) < 4.78 is 5.14. The van der Waals surface area contributed by atoms with Crippen LogP contribution < -0.4 is 5.32 Å². The Kier molecular flexibility index (Phi) is 9.42. The SMILES string of the molecule is CCCC(CCC(C)COC)NCC. The van der Waals surface area contributed by atoms with Crippen LogP contribution in [-0.4, -0.2) is 26.3 Å². The van der Waals surface area contributed by atoms with Crippen LogP contribution in [0.25, 0.3) is 0 Å². The average molecular weight is 201 g/mol. The van der Waals surface area contributed by atoms with Gasteiger partial charge >= 0.3 is 0 Å². The monoisotopic (exact) mass is 201 g/mol. The molecule has 0 aromatic rings. The molecule has 14 heavy (non-hydrogen) atoms. The summed E-state index contributed by atoms with van der Waals surface area (Å²) in [5.74, 6) is 0.693. The van der Waals surface area contributed by atoms with Gasteiger partial charge in [0.2, 0.25) is 0 Å². The number of ether oxygens (including phenoxy) is 1. The van der Waals surface area contributed by atoms with E-state index in [1.54, 1.807) is 7.11 Å². The molecule has 0 aliphatic rings. The summed E-state index contributed by atoms with van der Waals surface area (Å²) in [5.41, 5.74) is 0. The number of hydrogen-bond donors (Lipinski definition) is 1. The molecule has 2 nitrogen and oxygen atoms in total. The van der Waals surface area contributed by atoms with Gasteiger partial charge in [0.15, 0.2) is 0 Å².